The van der Waals surface area contributed by atoms with Gasteiger partial charge in [-0.25, -0.2) is 0 Å². The first-order valence-corrected chi connectivity index (χ1v) is 7.09. The fourth-order valence-corrected chi connectivity index (χ4v) is 1.86. The predicted molar refractivity (Wildman–Crippen MR) is 77.4 cm³/mol. The normalized spacial score (nSPS) is 14.5. The highest BCUT2D eigenvalue weighted by Crippen LogP contribution is 2.28. The minimum absolute atomic E-state index is 0.0774. The quantitative estimate of drug-likeness (QED) is 0.805. The highest BCUT2D eigenvalue weighted by Gasteiger charge is 2.12. The Morgan fingerprint density at radius 3 is 2.42 bits per heavy atom. The van der Waals surface area contributed by atoms with E-state index in [1.165, 1.54) is 0 Å². The van der Waals surface area contributed by atoms with E-state index in [2.05, 4.69) is 15.9 Å². The summed E-state index contributed by atoms with van der Waals surface area (Å²) in [5, 5.41) is 19.4. The Labute approximate surface area is 122 Å². The number of benzene rings is 1. The van der Waals surface area contributed by atoms with Crippen LogP contribution in [0.1, 0.15) is 32.4 Å². The number of hydrogen-bond acceptors (Lipinski definition) is 4. The van der Waals surface area contributed by atoms with E-state index in [1.54, 1.807) is 19.1 Å². The first kappa shape index (κ1) is 16.4. The standard InChI is InChI=1S/C14H21BrO4/c1-9(2)18-7-12(17)8-19-14-6-11(15)4-5-13(14)10(3)16/h4-6,9-10,12,16-17H,7-8H2,1-3H3/t10-,12?/m0/s1. The minimum atomic E-state index is -0.691. The molecule has 0 radical (unpaired) electrons. The molecule has 0 fully saturated rings. The fraction of sp³-hybridized carbons (Fsp3) is 0.571. The van der Waals surface area contributed by atoms with Gasteiger partial charge in [-0.05, 0) is 32.9 Å². The van der Waals surface area contributed by atoms with Gasteiger partial charge in [0, 0.05) is 10.0 Å². The van der Waals surface area contributed by atoms with E-state index in [9.17, 15) is 10.2 Å². The van der Waals surface area contributed by atoms with Crippen LogP contribution in [0.25, 0.3) is 0 Å². The van der Waals surface area contributed by atoms with Crippen LogP contribution in [-0.4, -0.2) is 35.6 Å². The van der Waals surface area contributed by atoms with E-state index in [4.69, 9.17) is 9.47 Å². The molecule has 0 bridgehead atoms. The zero-order chi connectivity index (χ0) is 14.4. The molecule has 108 valence electrons. The molecule has 1 unspecified atom stereocenters. The zero-order valence-corrected chi connectivity index (χ0v) is 13.1. The van der Waals surface area contributed by atoms with Crippen molar-refractivity contribution in [3.63, 3.8) is 0 Å². The van der Waals surface area contributed by atoms with E-state index in [0.29, 0.717) is 11.3 Å². The second-order valence-electron chi connectivity index (χ2n) is 4.71. The minimum Gasteiger partial charge on any atom is -0.490 e. The van der Waals surface area contributed by atoms with Crippen molar-refractivity contribution in [1.29, 1.82) is 0 Å². The summed E-state index contributed by atoms with van der Waals surface area (Å²) in [7, 11) is 0. The number of ether oxygens (including phenoxy) is 2. The van der Waals surface area contributed by atoms with Gasteiger partial charge in [-0.3, -0.25) is 0 Å². The van der Waals surface area contributed by atoms with Gasteiger partial charge in [0.1, 0.15) is 18.5 Å². The maximum Gasteiger partial charge on any atom is 0.126 e. The Bertz CT molecular complexity index is 393. The lowest BCUT2D eigenvalue weighted by molar-refractivity contribution is -0.0126. The number of halogens is 1. The van der Waals surface area contributed by atoms with Gasteiger partial charge in [-0.1, -0.05) is 22.0 Å². The van der Waals surface area contributed by atoms with Crippen molar-refractivity contribution in [3.05, 3.63) is 28.2 Å². The number of rotatable bonds is 7. The highest BCUT2D eigenvalue weighted by atomic mass is 79.9. The van der Waals surface area contributed by atoms with E-state index in [-0.39, 0.29) is 19.3 Å². The molecule has 0 amide bonds. The highest BCUT2D eigenvalue weighted by molar-refractivity contribution is 9.10. The number of hydrogen-bond donors (Lipinski definition) is 2. The molecule has 19 heavy (non-hydrogen) atoms. The summed E-state index contributed by atoms with van der Waals surface area (Å²) >= 11 is 3.35. The maximum atomic E-state index is 9.73. The molecular weight excluding hydrogens is 312 g/mol. The third-order valence-corrected chi connectivity index (χ3v) is 2.97. The Balaban J connectivity index is 2.59. The monoisotopic (exact) mass is 332 g/mol. The molecule has 1 aromatic rings. The Kier molecular flexibility index (Phi) is 6.79. The van der Waals surface area contributed by atoms with Crippen LogP contribution in [0, 0.1) is 0 Å². The van der Waals surface area contributed by atoms with Crippen molar-refractivity contribution >= 4 is 15.9 Å². The van der Waals surface area contributed by atoms with Gasteiger partial charge in [0.15, 0.2) is 0 Å². The van der Waals surface area contributed by atoms with Crippen molar-refractivity contribution in [2.45, 2.75) is 39.1 Å². The summed E-state index contributed by atoms with van der Waals surface area (Å²) in [6, 6.07) is 5.41. The number of aliphatic hydroxyl groups is 2. The van der Waals surface area contributed by atoms with Crippen LogP contribution in [0.2, 0.25) is 0 Å². The molecule has 1 rings (SSSR count). The fourth-order valence-electron chi connectivity index (χ4n) is 1.52. The molecular formula is C14H21BrO4. The van der Waals surface area contributed by atoms with Crippen molar-refractivity contribution in [3.8, 4) is 5.75 Å². The van der Waals surface area contributed by atoms with Crippen LogP contribution in [0.3, 0.4) is 0 Å². The molecule has 2 atom stereocenters. The van der Waals surface area contributed by atoms with Crippen molar-refractivity contribution in [2.24, 2.45) is 0 Å². The van der Waals surface area contributed by atoms with Gasteiger partial charge >= 0.3 is 0 Å². The van der Waals surface area contributed by atoms with Gasteiger partial charge in [0.2, 0.25) is 0 Å². The van der Waals surface area contributed by atoms with Crippen LogP contribution in [0.5, 0.6) is 5.75 Å². The van der Waals surface area contributed by atoms with Crippen LogP contribution in [-0.2, 0) is 4.74 Å². The third-order valence-electron chi connectivity index (χ3n) is 2.48. The Morgan fingerprint density at radius 1 is 1.16 bits per heavy atom. The van der Waals surface area contributed by atoms with Crippen LogP contribution < -0.4 is 4.74 Å². The molecule has 0 spiro atoms. The van der Waals surface area contributed by atoms with Gasteiger partial charge < -0.3 is 19.7 Å². The molecule has 0 aromatic heterocycles. The Morgan fingerprint density at radius 2 is 1.84 bits per heavy atom. The molecule has 4 nitrogen and oxygen atoms in total. The molecule has 2 N–H and O–H groups in total. The molecule has 5 heteroatoms. The molecule has 0 saturated heterocycles. The Hall–Kier alpha value is -0.620. The van der Waals surface area contributed by atoms with Crippen molar-refractivity contribution < 1.29 is 19.7 Å². The average molecular weight is 333 g/mol. The third kappa shape index (κ3) is 5.91. The van der Waals surface area contributed by atoms with Crippen molar-refractivity contribution in [1.82, 2.24) is 0 Å². The largest absolute Gasteiger partial charge is 0.490 e. The maximum absolute atomic E-state index is 9.73. The lowest BCUT2D eigenvalue weighted by atomic mass is 10.1. The molecule has 1 aromatic carbocycles. The van der Waals surface area contributed by atoms with Crippen LogP contribution >= 0.6 is 15.9 Å². The van der Waals surface area contributed by atoms with E-state index >= 15 is 0 Å². The summed E-state index contributed by atoms with van der Waals surface area (Å²) in [5.41, 5.74) is 0.695. The summed E-state index contributed by atoms with van der Waals surface area (Å²) in [4.78, 5) is 0. The SMILES string of the molecule is CC(C)OCC(O)COc1cc(Br)ccc1[C@H](C)O. The molecule has 0 aliphatic rings. The second-order valence-corrected chi connectivity index (χ2v) is 5.62. The van der Waals surface area contributed by atoms with E-state index in [0.717, 1.165) is 4.47 Å². The molecule has 0 saturated carbocycles. The van der Waals surface area contributed by atoms with E-state index in [1.807, 2.05) is 19.9 Å². The topological polar surface area (TPSA) is 58.9 Å². The number of aliphatic hydroxyl groups excluding tert-OH is 2. The molecule has 0 aliphatic heterocycles. The van der Waals surface area contributed by atoms with E-state index < -0.39 is 12.2 Å². The lowest BCUT2D eigenvalue weighted by Gasteiger charge is -2.17. The summed E-state index contributed by atoms with van der Waals surface area (Å²) in [6.07, 6.45) is -1.23. The van der Waals surface area contributed by atoms with Gasteiger partial charge in [0.25, 0.3) is 0 Å². The zero-order valence-electron chi connectivity index (χ0n) is 11.5. The molecule has 0 aliphatic carbocycles. The van der Waals surface area contributed by atoms with Crippen molar-refractivity contribution in [2.75, 3.05) is 13.2 Å². The van der Waals surface area contributed by atoms with Gasteiger partial charge in [0.05, 0.1) is 18.8 Å². The summed E-state index contributed by atoms with van der Waals surface area (Å²) < 4.78 is 11.7. The smallest absolute Gasteiger partial charge is 0.126 e. The summed E-state index contributed by atoms with van der Waals surface area (Å²) in [6.45, 7) is 5.85. The predicted octanol–water partition coefficient (Wildman–Crippen LogP) is 2.67. The average Bonchev–Trinajstić information content (AvgIpc) is 2.33. The van der Waals surface area contributed by atoms with Crippen LogP contribution in [0.4, 0.5) is 0 Å². The summed E-state index contributed by atoms with van der Waals surface area (Å²) in [5.74, 6) is 0.563. The molecule has 0 heterocycles. The first-order chi connectivity index (χ1) is 8.90. The van der Waals surface area contributed by atoms with Crippen LogP contribution in [0.15, 0.2) is 22.7 Å². The van der Waals surface area contributed by atoms with Gasteiger partial charge in [-0.15, -0.1) is 0 Å². The lowest BCUT2D eigenvalue weighted by Crippen LogP contribution is -2.25. The first-order valence-electron chi connectivity index (χ1n) is 6.30. The van der Waals surface area contributed by atoms with Gasteiger partial charge in [-0.2, -0.15) is 0 Å². The second kappa shape index (κ2) is 7.85.